The summed E-state index contributed by atoms with van der Waals surface area (Å²) in [4.78, 5) is 18.2. The number of fused-ring (bicyclic) bond motifs is 2. The zero-order valence-corrected chi connectivity index (χ0v) is 13.5. The van der Waals surface area contributed by atoms with Crippen LogP contribution in [0, 0.1) is 0 Å². The Morgan fingerprint density at radius 1 is 1.36 bits per heavy atom. The molecule has 1 unspecified atom stereocenters. The smallest absolute Gasteiger partial charge is 0.267 e. The Labute approximate surface area is 137 Å². The summed E-state index contributed by atoms with van der Waals surface area (Å²) in [5.41, 5.74) is 2.13. The summed E-state index contributed by atoms with van der Waals surface area (Å²) >= 11 is 7.56. The molecule has 0 saturated heterocycles. The van der Waals surface area contributed by atoms with Gasteiger partial charge in [-0.2, -0.15) is 0 Å². The quantitative estimate of drug-likeness (QED) is 0.912. The molecule has 114 valence electrons. The van der Waals surface area contributed by atoms with E-state index in [4.69, 9.17) is 16.3 Å². The maximum absolute atomic E-state index is 12.4. The molecule has 0 radical (unpaired) electrons. The lowest BCUT2D eigenvalue weighted by molar-refractivity contribution is -0.122. The van der Waals surface area contributed by atoms with Crippen molar-refractivity contribution in [2.45, 2.75) is 38.2 Å². The molecular formula is C16H15ClN2O2S. The van der Waals surface area contributed by atoms with E-state index in [9.17, 15) is 4.79 Å². The number of nitrogens with one attached hydrogen (secondary N) is 1. The van der Waals surface area contributed by atoms with E-state index in [2.05, 4.69) is 10.3 Å². The molecule has 2 aliphatic rings. The zero-order chi connectivity index (χ0) is 15.1. The molecule has 1 aromatic heterocycles. The van der Waals surface area contributed by atoms with Crippen molar-refractivity contribution >= 4 is 34.0 Å². The number of anilines is 1. The third-order valence-corrected chi connectivity index (χ3v) is 5.37. The van der Waals surface area contributed by atoms with Crippen LogP contribution in [0.2, 0.25) is 5.02 Å². The number of hydrogen-bond donors (Lipinski definition) is 1. The van der Waals surface area contributed by atoms with Crippen molar-refractivity contribution in [1.29, 1.82) is 0 Å². The van der Waals surface area contributed by atoms with Crippen LogP contribution in [0.3, 0.4) is 0 Å². The molecule has 1 amide bonds. The molecule has 1 aliphatic carbocycles. The highest BCUT2D eigenvalue weighted by Crippen LogP contribution is 2.33. The van der Waals surface area contributed by atoms with Gasteiger partial charge in [0.1, 0.15) is 5.75 Å². The van der Waals surface area contributed by atoms with Crippen LogP contribution < -0.4 is 10.1 Å². The molecule has 6 heteroatoms. The van der Waals surface area contributed by atoms with Gasteiger partial charge in [-0.05, 0) is 49.4 Å². The van der Waals surface area contributed by atoms with Crippen LogP contribution in [-0.4, -0.2) is 17.0 Å². The summed E-state index contributed by atoms with van der Waals surface area (Å²) in [5, 5.41) is 4.25. The summed E-state index contributed by atoms with van der Waals surface area (Å²) in [7, 11) is 0. The van der Waals surface area contributed by atoms with E-state index in [0.29, 0.717) is 16.6 Å². The minimum atomic E-state index is -0.505. The van der Waals surface area contributed by atoms with E-state index in [-0.39, 0.29) is 5.91 Å². The second kappa shape index (κ2) is 5.56. The molecule has 2 heterocycles. The first kappa shape index (κ1) is 14.0. The van der Waals surface area contributed by atoms with Crippen LogP contribution >= 0.6 is 22.9 Å². The third-order valence-electron chi connectivity index (χ3n) is 4.07. The average Bonchev–Trinajstić information content (AvgIpc) is 3.09. The Kier molecular flexibility index (Phi) is 3.54. The SMILES string of the molecule is O=C(Nc1nc2c(s1)CCCC2)C1Cc2cc(Cl)ccc2O1. The number of rotatable bonds is 2. The first-order chi connectivity index (χ1) is 10.7. The van der Waals surface area contributed by atoms with E-state index >= 15 is 0 Å². The molecule has 1 aromatic carbocycles. The van der Waals surface area contributed by atoms with E-state index in [1.165, 1.54) is 17.7 Å². The minimum absolute atomic E-state index is 0.140. The van der Waals surface area contributed by atoms with E-state index < -0.39 is 6.10 Å². The summed E-state index contributed by atoms with van der Waals surface area (Å²) in [6.07, 6.45) is 4.54. The van der Waals surface area contributed by atoms with Crippen molar-refractivity contribution in [3.63, 3.8) is 0 Å². The van der Waals surface area contributed by atoms with Crippen LogP contribution in [0.5, 0.6) is 5.75 Å². The maximum Gasteiger partial charge on any atom is 0.267 e. The first-order valence-electron chi connectivity index (χ1n) is 7.43. The summed E-state index contributed by atoms with van der Waals surface area (Å²) in [6.45, 7) is 0. The standard InChI is InChI=1S/C16H15ClN2O2S/c17-10-5-6-12-9(7-10)8-13(21-12)15(20)19-16-18-11-3-1-2-4-14(11)22-16/h5-7,13H,1-4,8H2,(H,18,19,20). The number of halogens is 1. The topological polar surface area (TPSA) is 51.2 Å². The molecule has 0 spiro atoms. The number of benzene rings is 1. The highest BCUT2D eigenvalue weighted by Gasteiger charge is 2.30. The molecule has 1 N–H and O–H groups in total. The van der Waals surface area contributed by atoms with E-state index in [1.54, 1.807) is 17.4 Å². The van der Waals surface area contributed by atoms with Gasteiger partial charge >= 0.3 is 0 Å². The Hall–Kier alpha value is -1.59. The second-order valence-corrected chi connectivity index (χ2v) is 7.17. The molecule has 1 aliphatic heterocycles. The van der Waals surface area contributed by atoms with E-state index in [0.717, 1.165) is 29.8 Å². The lowest BCUT2D eigenvalue weighted by Crippen LogP contribution is -2.31. The minimum Gasteiger partial charge on any atom is -0.480 e. The number of nitrogens with zero attached hydrogens (tertiary/aromatic N) is 1. The Bertz CT molecular complexity index is 720. The van der Waals surface area contributed by atoms with Crippen LogP contribution in [0.1, 0.15) is 29.0 Å². The number of ether oxygens (including phenoxy) is 1. The number of carbonyl (C=O) groups is 1. The van der Waals surface area contributed by atoms with Crippen molar-refractivity contribution < 1.29 is 9.53 Å². The molecule has 22 heavy (non-hydrogen) atoms. The number of aryl methyl sites for hydroxylation is 2. The van der Waals surface area contributed by atoms with Crippen LogP contribution in [0.25, 0.3) is 0 Å². The summed E-state index contributed by atoms with van der Waals surface area (Å²) in [6, 6.07) is 5.44. The number of thiazole rings is 1. The summed E-state index contributed by atoms with van der Waals surface area (Å²) < 4.78 is 5.70. The lowest BCUT2D eigenvalue weighted by Gasteiger charge is -2.09. The van der Waals surface area contributed by atoms with Crippen LogP contribution in [0.15, 0.2) is 18.2 Å². The normalized spacial score (nSPS) is 19.2. The van der Waals surface area contributed by atoms with E-state index in [1.807, 2.05) is 12.1 Å². The number of aromatic nitrogens is 1. The molecule has 0 fully saturated rings. The Morgan fingerprint density at radius 2 is 2.23 bits per heavy atom. The van der Waals surface area contributed by atoms with Gasteiger partial charge in [-0.25, -0.2) is 4.98 Å². The Balaban J connectivity index is 1.46. The second-order valence-electron chi connectivity index (χ2n) is 5.65. The monoisotopic (exact) mass is 334 g/mol. The number of amides is 1. The van der Waals surface area contributed by atoms with Crippen molar-refractivity contribution in [2.24, 2.45) is 0 Å². The summed E-state index contributed by atoms with van der Waals surface area (Å²) in [5.74, 6) is 0.599. The molecule has 1 atom stereocenters. The van der Waals surface area contributed by atoms with Crippen molar-refractivity contribution in [1.82, 2.24) is 4.98 Å². The largest absolute Gasteiger partial charge is 0.480 e. The first-order valence-corrected chi connectivity index (χ1v) is 8.63. The maximum atomic E-state index is 12.4. The molecule has 4 nitrogen and oxygen atoms in total. The molecular weight excluding hydrogens is 320 g/mol. The van der Waals surface area contributed by atoms with Gasteiger partial charge in [0.2, 0.25) is 0 Å². The highest BCUT2D eigenvalue weighted by atomic mass is 35.5. The third kappa shape index (κ3) is 2.59. The van der Waals surface area contributed by atoms with Crippen LogP contribution in [-0.2, 0) is 24.1 Å². The molecule has 0 saturated carbocycles. The van der Waals surface area contributed by atoms with Gasteiger partial charge in [-0.15, -0.1) is 11.3 Å². The Morgan fingerprint density at radius 3 is 3.09 bits per heavy atom. The molecule has 2 aromatic rings. The van der Waals surface area contributed by atoms with Gasteiger partial charge in [-0.3, -0.25) is 10.1 Å². The number of hydrogen-bond acceptors (Lipinski definition) is 4. The van der Waals surface area contributed by atoms with Gasteiger partial charge < -0.3 is 4.74 Å². The fourth-order valence-corrected chi connectivity index (χ4v) is 4.20. The lowest BCUT2D eigenvalue weighted by atomic mass is 10.0. The van der Waals surface area contributed by atoms with Crippen molar-refractivity contribution in [2.75, 3.05) is 5.32 Å². The predicted molar refractivity (Wildman–Crippen MR) is 87.0 cm³/mol. The van der Waals surface area contributed by atoms with Gasteiger partial charge in [0.05, 0.1) is 5.69 Å². The van der Waals surface area contributed by atoms with Gasteiger partial charge in [0, 0.05) is 16.3 Å². The van der Waals surface area contributed by atoms with Crippen LogP contribution in [0.4, 0.5) is 5.13 Å². The number of carbonyl (C=O) groups excluding carboxylic acids is 1. The predicted octanol–water partition coefficient (Wildman–Crippen LogP) is 3.62. The highest BCUT2D eigenvalue weighted by molar-refractivity contribution is 7.15. The fourth-order valence-electron chi connectivity index (χ4n) is 2.95. The van der Waals surface area contributed by atoms with Gasteiger partial charge in [0.15, 0.2) is 11.2 Å². The van der Waals surface area contributed by atoms with Gasteiger partial charge in [0.25, 0.3) is 5.91 Å². The molecule has 0 bridgehead atoms. The van der Waals surface area contributed by atoms with Crippen molar-refractivity contribution in [3.05, 3.63) is 39.4 Å². The zero-order valence-electron chi connectivity index (χ0n) is 11.9. The van der Waals surface area contributed by atoms with Crippen molar-refractivity contribution in [3.8, 4) is 5.75 Å². The fraction of sp³-hybridized carbons (Fsp3) is 0.375. The van der Waals surface area contributed by atoms with Gasteiger partial charge in [-0.1, -0.05) is 11.6 Å². The molecule has 4 rings (SSSR count). The average molecular weight is 335 g/mol.